The van der Waals surface area contributed by atoms with E-state index < -0.39 is 0 Å². The van der Waals surface area contributed by atoms with Crippen molar-refractivity contribution < 1.29 is 14.3 Å². The number of methoxy groups -OCH3 is 2. The second kappa shape index (κ2) is 10.5. The van der Waals surface area contributed by atoms with Crippen LogP contribution in [-0.4, -0.2) is 41.6 Å². The van der Waals surface area contributed by atoms with E-state index in [4.69, 9.17) is 9.47 Å². The molecule has 170 valence electrons. The van der Waals surface area contributed by atoms with Gasteiger partial charge in [0.05, 0.1) is 30.6 Å². The van der Waals surface area contributed by atoms with E-state index >= 15 is 0 Å². The summed E-state index contributed by atoms with van der Waals surface area (Å²) in [6, 6.07) is 9.52. The highest BCUT2D eigenvalue weighted by molar-refractivity contribution is 7.17. The van der Waals surface area contributed by atoms with Crippen molar-refractivity contribution in [2.45, 2.75) is 19.8 Å². The summed E-state index contributed by atoms with van der Waals surface area (Å²) in [6.07, 6.45) is 5.16. The van der Waals surface area contributed by atoms with Crippen LogP contribution in [0.2, 0.25) is 0 Å². The molecular formula is C24H24N4O3S2. The van der Waals surface area contributed by atoms with Crippen LogP contribution in [0.5, 0.6) is 11.5 Å². The van der Waals surface area contributed by atoms with E-state index in [2.05, 4.69) is 25.6 Å². The minimum Gasteiger partial charge on any atom is -0.493 e. The van der Waals surface area contributed by atoms with Crippen molar-refractivity contribution in [2.75, 3.05) is 20.8 Å². The van der Waals surface area contributed by atoms with Crippen LogP contribution >= 0.6 is 22.7 Å². The number of benzene rings is 1. The quantitative estimate of drug-likeness (QED) is 0.339. The average Bonchev–Trinajstić information content (AvgIpc) is 3.48. The monoisotopic (exact) mass is 480 g/mol. The largest absolute Gasteiger partial charge is 0.493 e. The Bertz CT molecular complexity index is 1240. The van der Waals surface area contributed by atoms with Crippen molar-refractivity contribution in [1.82, 2.24) is 20.3 Å². The summed E-state index contributed by atoms with van der Waals surface area (Å²) >= 11 is 3.01. The van der Waals surface area contributed by atoms with Crippen molar-refractivity contribution in [3.05, 3.63) is 63.7 Å². The summed E-state index contributed by atoms with van der Waals surface area (Å²) in [6.45, 7) is 2.43. The first-order valence-corrected chi connectivity index (χ1v) is 12.1. The van der Waals surface area contributed by atoms with E-state index in [9.17, 15) is 4.79 Å². The second-order valence-corrected chi connectivity index (χ2v) is 9.17. The highest BCUT2D eigenvalue weighted by atomic mass is 32.1. The summed E-state index contributed by atoms with van der Waals surface area (Å²) < 4.78 is 10.7. The van der Waals surface area contributed by atoms with Crippen LogP contribution in [0.15, 0.2) is 48.1 Å². The lowest BCUT2D eigenvalue weighted by atomic mass is 10.2. The van der Waals surface area contributed by atoms with Gasteiger partial charge in [0.25, 0.3) is 5.91 Å². The van der Waals surface area contributed by atoms with Gasteiger partial charge in [-0.25, -0.2) is 9.97 Å². The molecule has 1 amide bonds. The van der Waals surface area contributed by atoms with Crippen molar-refractivity contribution in [2.24, 2.45) is 0 Å². The number of pyridine rings is 1. The van der Waals surface area contributed by atoms with Gasteiger partial charge in [0.2, 0.25) is 0 Å². The number of carbonyl (C=O) groups excluding carboxylic acids is 1. The maximum Gasteiger partial charge on any atom is 0.263 e. The SMILES string of the molecule is COc1ccc(-c2nc(C)c(C(=O)NCCCc3nc(-c4ccncc4)cs3)s2)cc1OC. The van der Waals surface area contributed by atoms with Crippen LogP contribution in [0.1, 0.15) is 26.8 Å². The Morgan fingerprint density at radius 3 is 2.58 bits per heavy atom. The molecule has 0 saturated heterocycles. The molecule has 0 atom stereocenters. The number of nitrogens with zero attached hydrogens (tertiary/aromatic N) is 3. The Morgan fingerprint density at radius 1 is 1.03 bits per heavy atom. The third kappa shape index (κ3) is 5.37. The van der Waals surface area contributed by atoms with Crippen molar-refractivity contribution in [3.63, 3.8) is 0 Å². The number of rotatable bonds is 9. The molecule has 0 bridgehead atoms. The molecule has 33 heavy (non-hydrogen) atoms. The number of carbonyl (C=O) groups is 1. The van der Waals surface area contributed by atoms with Crippen LogP contribution in [0.25, 0.3) is 21.8 Å². The minimum atomic E-state index is -0.103. The predicted octanol–water partition coefficient (Wildman–Crippen LogP) is 5.02. The van der Waals surface area contributed by atoms with E-state index in [0.717, 1.165) is 39.7 Å². The average molecular weight is 481 g/mol. The van der Waals surface area contributed by atoms with Gasteiger partial charge in [-0.05, 0) is 43.7 Å². The molecule has 7 nitrogen and oxygen atoms in total. The molecule has 1 N–H and O–H groups in total. The van der Waals surface area contributed by atoms with Gasteiger partial charge in [0.15, 0.2) is 11.5 Å². The topological polar surface area (TPSA) is 86.2 Å². The molecule has 1 aromatic carbocycles. The first-order chi connectivity index (χ1) is 16.1. The third-order valence-corrected chi connectivity index (χ3v) is 7.13. The van der Waals surface area contributed by atoms with Crippen molar-refractivity contribution >= 4 is 28.6 Å². The number of ether oxygens (including phenoxy) is 2. The normalized spacial score (nSPS) is 10.8. The molecule has 0 aliphatic carbocycles. The zero-order chi connectivity index (χ0) is 23.2. The lowest BCUT2D eigenvalue weighted by Gasteiger charge is -2.08. The summed E-state index contributed by atoms with van der Waals surface area (Å²) in [5.41, 5.74) is 3.62. The lowest BCUT2D eigenvalue weighted by molar-refractivity contribution is 0.0956. The molecule has 4 rings (SSSR count). The Morgan fingerprint density at radius 2 is 1.82 bits per heavy atom. The van der Waals surface area contributed by atoms with E-state index in [1.54, 1.807) is 38.0 Å². The Balaban J connectivity index is 1.33. The van der Waals surface area contributed by atoms with E-state index in [1.807, 2.05) is 37.3 Å². The predicted molar refractivity (Wildman–Crippen MR) is 131 cm³/mol. The number of thiazole rings is 2. The van der Waals surface area contributed by atoms with Gasteiger partial charge in [-0.15, -0.1) is 22.7 Å². The van der Waals surface area contributed by atoms with Crippen molar-refractivity contribution in [1.29, 1.82) is 0 Å². The number of aromatic nitrogens is 3. The number of nitrogens with one attached hydrogen (secondary N) is 1. The standard InChI is InChI=1S/C24H24N4O3S2/c1-15-22(33-24(27-15)17-6-7-19(30-2)20(13-17)31-3)23(29)26-10-4-5-21-28-18(14-32-21)16-8-11-25-12-9-16/h6-9,11-14H,4-5,10H2,1-3H3,(H,26,29). The van der Waals surface area contributed by atoms with Gasteiger partial charge in [-0.2, -0.15) is 0 Å². The van der Waals surface area contributed by atoms with Crippen LogP contribution in [0.4, 0.5) is 0 Å². The van der Waals surface area contributed by atoms with Crippen molar-refractivity contribution in [3.8, 4) is 33.3 Å². The molecule has 0 aliphatic rings. The molecule has 3 heterocycles. The molecular weight excluding hydrogens is 456 g/mol. The number of amides is 1. The number of aryl methyl sites for hydroxylation is 2. The zero-order valence-electron chi connectivity index (χ0n) is 18.6. The Kier molecular flexibility index (Phi) is 7.31. The molecule has 0 spiro atoms. The van der Waals surface area contributed by atoms with Gasteiger partial charge in [-0.1, -0.05) is 0 Å². The van der Waals surface area contributed by atoms with Gasteiger partial charge >= 0.3 is 0 Å². The fraction of sp³-hybridized carbons (Fsp3) is 0.250. The van der Waals surface area contributed by atoms with Gasteiger partial charge in [-0.3, -0.25) is 9.78 Å². The number of hydrogen-bond acceptors (Lipinski definition) is 8. The first-order valence-electron chi connectivity index (χ1n) is 10.4. The Labute approximate surface area is 200 Å². The van der Waals surface area contributed by atoms with Gasteiger partial charge < -0.3 is 14.8 Å². The molecule has 0 saturated carbocycles. The lowest BCUT2D eigenvalue weighted by Crippen LogP contribution is -2.24. The van der Waals surface area contributed by atoms with Crippen LogP contribution < -0.4 is 14.8 Å². The van der Waals surface area contributed by atoms with Gasteiger partial charge in [0.1, 0.15) is 9.88 Å². The smallest absolute Gasteiger partial charge is 0.263 e. The summed E-state index contributed by atoms with van der Waals surface area (Å²) in [7, 11) is 3.20. The molecule has 0 radical (unpaired) electrons. The minimum absolute atomic E-state index is 0.103. The van der Waals surface area contributed by atoms with Crippen LogP contribution in [-0.2, 0) is 6.42 Å². The van der Waals surface area contributed by atoms with Gasteiger partial charge in [0, 0.05) is 41.9 Å². The molecule has 9 heteroatoms. The molecule has 0 unspecified atom stereocenters. The summed E-state index contributed by atoms with van der Waals surface area (Å²) in [5.74, 6) is 1.18. The number of hydrogen-bond donors (Lipinski definition) is 1. The summed E-state index contributed by atoms with van der Waals surface area (Å²) in [5, 5.41) is 6.89. The highest BCUT2D eigenvalue weighted by Crippen LogP contribution is 2.35. The van der Waals surface area contributed by atoms with Crippen LogP contribution in [0, 0.1) is 6.92 Å². The first kappa shape index (κ1) is 22.9. The molecule has 4 aromatic rings. The molecule has 0 fully saturated rings. The molecule has 3 aromatic heterocycles. The zero-order valence-corrected chi connectivity index (χ0v) is 20.3. The fourth-order valence-electron chi connectivity index (χ4n) is 3.30. The highest BCUT2D eigenvalue weighted by Gasteiger charge is 2.17. The maximum absolute atomic E-state index is 12.7. The maximum atomic E-state index is 12.7. The van der Waals surface area contributed by atoms with Crippen LogP contribution in [0.3, 0.4) is 0 Å². The second-order valence-electron chi connectivity index (χ2n) is 7.23. The van der Waals surface area contributed by atoms with E-state index in [0.29, 0.717) is 28.6 Å². The molecule has 0 aliphatic heterocycles. The third-order valence-electron chi connectivity index (χ3n) is 5.01. The summed E-state index contributed by atoms with van der Waals surface area (Å²) in [4.78, 5) is 26.7. The van der Waals surface area contributed by atoms with E-state index in [1.165, 1.54) is 11.3 Å². The van der Waals surface area contributed by atoms with E-state index in [-0.39, 0.29) is 5.91 Å². The Hall–Kier alpha value is -3.30. The fourth-order valence-corrected chi connectivity index (χ4v) is 5.13.